The zero-order valence-corrected chi connectivity index (χ0v) is 17.7. The van der Waals surface area contributed by atoms with Crippen LogP contribution in [0.15, 0.2) is 40.7 Å². The molecule has 11 nitrogen and oxygen atoms in total. The van der Waals surface area contributed by atoms with Crippen molar-refractivity contribution in [2.24, 2.45) is 7.05 Å². The van der Waals surface area contributed by atoms with Crippen molar-refractivity contribution in [1.29, 1.82) is 5.26 Å². The molecule has 0 spiro atoms. The molecule has 4 rings (SSSR count). The Morgan fingerprint density at radius 1 is 1.45 bits per heavy atom. The van der Waals surface area contributed by atoms with E-state index in [0.29, 0.717) is 27.8 Å². The van der Waals surface area contributed by atoms with E-state index in [9.17, 15) is 19.5 Å². The predicted octanol–water partition coefficient (Wildman–Crippen LogP) is 0.226. The normalized spacial score (nSPS) is 20.0. The van der Waals surface area contributed by atoms with E-state index in [0.717, 1.165) is 0 Å². The second kappa shape index (κ2) is 8.40. The van der Waals surface area contributed by atoms with Gasteiger partial charge in [-0.15, -0.1) is 16.9 Å². The van der Waals surface area contributed by atoms with E-state index in [4.69, 9.17) is 5.26 Å². The molecular weight excluding hydrogens is 442 g/mol. The first-order valence-electron chi connectivity index (χ1n) is 8.97. The summed E-state index contributed by atoms with van der Waals surface area (Å²) in [6, 6.07) is 7.26. The fourth-order valence-electron chi connectivity index (χ4n) is 3.24. The van der Waals surface area contributed by atoms with Crippen molar-refractivity contribution >= 4 is 41.3 Å². The van der Waals surface area contributed by atoms with Gasteiger partial charge in [-0.2, -0.15) is 5.26 Å². The van der Waals surface area contributed by atoms with Gasteiger partial charge in [0.05, 0.1) is 11.6 Å². The average Bonchev–Trinajstić information content (AvgIpc) is 3.19. The summed E-state index contributed by atoms with van der Waals surface area (Å²) in [6.07, 6.45) is 0. The largest absolute Gasteiger partial charge is 0.477 e. The van der Waals surface area contributed by atoms with Crippen LogP contribution < -0.4 is 5.32 Å². The number of nitrogens with zero attached hydrogens (tertiary/aromatic N) is 6. The highest BCUT2D eigenvalue weighted by Crippen LogP contribution is 2.41. The number of hydrogen-bond donors (Lipinski definition) is 2. The van der Waals surface area contributed by atoms with E-state index in [1.54, 1.807) is 25.2 Å². The Labute approximate surface area is 184 Å². The summed E-state index contributed by atoms with van der Waals surface area (Å²) < 4.78 is 1.48. The lowest BCUT2D eigenvalue weighted by Crippen LogP contribution is -2.70. The summed E-state index contributed by atoms with van der Waals surface area (Å²) in [5.74, 6) is -1.46. The number of nitriles is 1. The molecule has 2 atom stereocenters. The third-order valence-corrected chi connectivity index (χ3v) is 7.18. The molecule has 1 fully saturated rings. The lowest BCUT2D eigenvalue weighted by Gasteiger charge is -2.49. The molecule has 0 bridgehead atoms. The van der Waals surface area contributed by atoms with Crippen molar-refractivity contribution in [3.8, 4) is 6.07 Å². The van der Waals surface area contributed by atoms with Crippen molar-refractivity contribution in [3.63, 3.8) is 0 Å². The van der Waals surface area contributed by atoms with E-state index in [1.807, 2.05) is 6.07 Å². The Balaban J connectivity index is 1.49. The van der Waals surface area contributed by atoms with Gasteiger partial charge in [0.1, 0.15) is 17.1 Å². The molecule has 2 amide bonds. The molecule has 3 heterocycles. The van der Waals surface area contributed by atoms with Crippen molar-refractivity contribution in [1.82, 2.24) is 30.4 Å². The van der Waals surface area contributed by atoms with Gasteiger partial charge in [-0.25, -0.2) is 9.48 Å². The zero-order chi connectivity index (χ0) is 22.1. The van der Waals surface area contributed by atoms with Crippen molar-refractivity contribution < 1.29 is 19.5 Å². The highest BCUT2D eigenvalue weighted by atomic mass is 32.2. The lowest BCUT2D eigenvalue weighted by atomic mass is 10.0. The number of amides is 2. The third kappa shape index (κ3) is 3.87. The van der Waals surface area contributed by atoms with Crippen LogP contribution in [0.3, 0.4) is 0 Å². The molecule has 31 heavy (non-hydrogen) atoms. The van der Waals surface area contributed by atoms with Crippen LogP contribution in [0.2, 0.25) is 0 Å². The fraction of sp³-hybridized carbons (Fsp3) is 0.278. The quantitative estimate of drug-likeness (QED) is 0.455. The van der Waals surface area contributed by atoms with Gasteiger partial charge in [0, 0.05) is 24.1 Å². The predicted molar refractivity (Wildman–Crippen MR) is 110 cm³/mol. The molecular formula is C18H15N7O4S2. The number of fused-ring (bicyclic) bond motifs is 1. The first-order chi connectivity index (χ1) is 14.9. The molecule has 0 saturated carbocycles. The summed E-state index contributed by atoms with van der Waals surface area (Å²) in [7, 11) is 1.68. The van der Waals surface area contributed by atoms with E-state index in [-0.39, 0.29) is 11.3 Å². The van der Waals surface area contributed by atoms with Gasteiger partial charge >= 0.3 is 5.97 Å². The van der Waals surface area contributed by atoms with Crippen LogP contribution >= 0.6 is 23.5 Å². The topological polar surface area (TPSA) is 154 Å². The number of rotatable bonds is 6. The van der Waals surface area contributed by atoms with Crippen molar-refractivity contribution in [2.45, 2.75) is 16.6 Å². The van der Waals surface area contributed by atoms with E-state index >= 15 is 0 Å². The van der Waals surface area contributed by atoms with Gasteiger partial charge in [0.2, 0.25) is 5.16 Å². The van der Waals surface area contributed by atoms with Gasteiger partial charge in [-0.1, -0.05) is 17.8 Å². The minimum absolute atomic E-state index is 0.0617. The third-order valence-electron chi connectivity index (χ3n) is 4.75. The SMILES string of the molecule is Cn1nnnc1SCC1=C(C(=O)O)N2C(=O)C(NC(=O)c3cccc(C#N)c3)C2SC1. The maximum Gasteiger partial charge on any atom is 0.352 e. The molecule has 1 aromatic heterocycles. The minimum Gasteiger partial charge on any atom is -0.477 e. The number of aryl methyl sites for hydroxylation is 1. The van der Waals surface area contributed by atoms with Gasteiger partial charge in [0.15, 0.2) is 0 Å². The molecule has 0 radical (unpaired) electrons. The lowest BCUT2D eigenvalue weighted by molar-refractivity contribution is -0.148. The number of carboxylic acid groups (broad SMARTS) is 1. The maximum atomic E-state index is 12.7. The molecule has 2 aliphatic rings. The molecule has 2 aromatic rings. The Hall–Kier alpha value is -3.37. The number of tetrazole rings is 1. The van der Waals surface area contributed by atoms with Gasteiger partial charge < -0.3 is 10.4 Å². The summed E-state index contributed by atoms with van der Waals surface area (Å²) in [5.41, 5.74) is 1.11. The number of hydrogen-bond acceptors (Lipinski definition) is 9. The van der Waals surface area contributed by atoms with Crippen LogP contribution in [-0.2, 0) is 16.6 Å². The molecule has 158 valence electrons. The summed E-state index contributed by atoms with van der Waals surface area (Å²) in [6.45, 7) is 0. The fourth-order valence-corrected chi connectivity index (χ4v) is 5.58. The summed E-state index contributed by atoms with van der Waals surface area (Å²) in [5, 5.41) is 32.5. The zero-order valence-electron chi connectivity index (χ0n) is 16.1. The Morgan fingerprint density at radius 2 is 2.26 bits per heavy atom. The van der Waals surface area contributed by atoms with Crippen LogP contribution in [0.25, 0.3) is 0 Å². The minimum atomic E-state index is -1.20. The number of carbonyl (C=O) groups excluding carboxylic acids is 2. The number of thioether (sulfide) groups is 2. The van der Waals surface area contributed by atoms with Crippen molar-refractivity contribution in [3.05, 3.63) is 46.7 Å². The second-order valence-electron chi connectivity index (χ2n) is 6.68. The molecule has 2 N–H and O–H groups in total. The van der Waals surface area contributed by atoms with Crippen molar-refractivity contribution in [2.75, 3.05) is 11.5 Å². The first-order valence-corrected chi connectivity index (χ1v) is 11.0. The Morgan fingerprint density at radius 3 is 2.94 bits per heavy atom. The van der Waals surface area contributed by atoms with Crippen LogP contribution in [-0.4, -0.2) is 70.9 Å². The van der Waals surface area contributed by atoms with E-state index < -0.39 is 29.2 Å². The smallest absolute Gasteiger partial charge is 0.352 e. The standard InChI is InChI=1S/C18H15N7O4S2/c1-24-18(21-22-23-24)31-8-11-7-30-16-12(15(27)25(16)13(11)17(28)29)20-14(26)10-4-2-3-9(5-10)6-19/h2-5,12,16H,7-8H2,1H3,(H,20,26)(H,28,29). The number of aromatic nitrogens is 4. The van der Waals surface area contributed by atoms with E-state index in [2.05, 4.69) is 20.8 Å². The number of aliphatic carboxylic acids is 1. The molecule has 2 aliphatic heterocycles. The number of β-lactam (4-membered cyclic amide) rings is 1. The number of benzene rings is 1. The van der Waals surface area contributed by atoms with Crippen LogP contribution in [0.4, 0.5) is 0 Å². The highest BCUT2D eigenvalue weighted by molar-refractivity contribution is 8.01. The monoisotopic (exact) mass is 457 g/mol. The molecule has 1 aromatic carbocycles. The molecule has 0 aliphatic carbocycles. The Kier molecular flexibility index (Phi) is 5.66. The van der Waals surface area contributed by atoms with Crippen LogP contribution in [0.1, 0.15) is 15.9 Å². The van der Waals surface area contributed by atoms with Gasteiger partial charge in [-0.3, -0.25) is 14.5 Å². The van der Waals surface area contributed by atoms with E-state index in [1.165, 1.54) is 39.2 Å². The highest BCUT2D eigenvalue weighted by Gasteiger charge is 2.54. The molecule has 2 unspecified atom stereocenters. The van der Waals surface area contributed by atoms with Gasteiger partial charge in [-0.05, 0) is 34.2 Å². The molecule has 1 saturated heterocycles. The maximum absolute atomic E-state index is 12.7. The number of carboxylic acids is 1. The average molecular weight is 457 g/mol. The number of carbonyl (C=O) groups is 3. The second-order valence-corrected chi connectivity index (χ2v) is 8.73. The molecule has 13 heteroatoms. The Bertz CT molecular complexity index is 1160. The number of nitrogens with one attached hydrogen (secondary N) is 1. The van der Waals surface area contributed by atoms with Gasteiger partial charge in [0.25, 0.3) is 11.8 Å². The van der Waals surface area contributed by atoms with Crippen LogP contribution in [0.5, 0.6) is 0 Å². The first kappa shape index (κ1) is 20.9. The van der Waals surface area contributed by atoms with Crippen LogP contribution in [0, 0.1) is 11.3 Å². The summed E-state index contributed by atoms with van der Waals surface area (Å²) in [4.78, 5) is 38.4. The summed E-state index contributed by atoms with van der Waals surface area (Å²) >= 11 is 2.67.